The molecule has 0 saturated heterocycles. The third kappa shape index (κ3) is 2.52. The van der Waals surface area contributed by atoms with Crippen LogP contribution in [0.3, 0.4) is 0 Å². The Morgan fingerprint density at radius 2 is 1.93 bits per heavy atom. The Morgan fingerprint density at radius 1 is 1.07 bits per heavy atom. The monoisotopic (exact) mass is 389 g/mol. The van der Waals surface area contributed by atoms with Crippen LogP contribution in [0, 0.1) is 6.92 Å². The zero-order valence-corrected chi connectivity index (χ0v) is 16.9. The summed E-state index contributed by atoms with van der Waals surface area (Å²) in [7, 11) is 1.92. The van der Waals surface area contributed by atoms with Gasteiger partial charge in [0.05, 0.1) is 22.2 Å². The third-order valence-corrected chi connectivity index (χ3v) is 6.05. The summed E-state index contributed by atoms with van der Waals surface area (Å²) < 4.78 is 3.67. The summed E-state index contributed by atoms with van der Waals surface area (Å²) in [6.45, 7) is 6.29. The van der Waals surface area contributed by atoms with E-state index in [1.165, 1.54) is 11.3 Å². The molecule has 4 heterocycles. The van der Waals surface area contributed by atoms with Gasteiger partial charge in [0.15, 0.2) is 10.8 Å². The highest BCUT2D eigenvalue weighted by Gasteiger charge is 2.31. The van der Waals surface area contributed by atoms with Crippen LogP contribution in [0.25, 0.3) is 26.4 Å². The molecule has 28 heavy (non-hydrogen) atoms. The number of nitrogens with zero attached hydrogens (tertiary/aromatic N) is 7. The molecule has 0 unspecified atom stereocenters. The second-order valence-corrected chi connectivity index (χ2v) is 8.42. The summed E-state index contributed by atoms with van der Waals surface area (Å²) in [4.78, 5) is 5.19. The van der Waals surface area contributed by atoms with Crippen LogP contribution < -0.4 is 0 Å². The van der Waals surface area contributed by atoms with Crippen LogP contribution >= 0.6 is 11.3 Å². The van der Waals surface area contributed by atoms with Crippen LogP contribution in [0.4, 0.5) is 0 Å². The molecular weight excluding hydrogens is 370 g/mol. The van der Waals surface area contributed by atoms with Gasteiger partial charge in [-0.25, -0.2) is 0 Å². The standard InChI is InChI=1S/C20H19N7S/c1-12-15(11-26(4)24-12)17-25-27-18(22-23-19(27)28-17)20(2,3)14-7-8-16-13(10-14)6-5-9-21-16/h5-11H,1-4H3. The van der Waals surface area contributed by atoms with Gasteiger partial charge in [0.2, 0.25) is 4.96 Å². The van der Waals surface area contributed by atoms with Gasteiger partial charge in [-0.05, 0) is 44.5 Å². The van der Waals surface area contributed by atoms with E-state index in [0.717, 1.165) is 43.5 Å². The van der Waals surface area contributed by atoms with Crippen LogP contribution in [-0.4, -0.2) is 34.6 Å². The Kier molecular flexibility index (Phi) is 3.60. The third-order valence-electron chi connectivity index (χ3n) is 5.12. The van der Waals surface area contributed by atoms with E-state index in [1.807, 2.05) is 36.9 Å². The molecule has 140 valence electrons. The molecule has 7 nitrogen and oxygen atoms in total. The number of rotatable bonds is 3. The number of aryl methyl sites for hydroxylation is 2. The molecule has 0 aliphatic heterocycles. The number of hydrogen-bond acceptors (Lipinski definition) is 6. The normalized spacial score (nSPS) is 12.3. The average Bonchev–Trinajstić information content (AvgIpc) is 3.34. The smallest absolute Gasteiger partial charge is 0.235 e. The SMILES string of the molecule is Cc1nn(C)cc1-c1nn2c(C(C)(C)c3ccc4ncccc4c3)nnc2s1. The van der Waals surface area contributed by atoms with Gasteiger partial charge in [-0.3, -0.25) is 9.67 Å². The fourth-order valence-corrected chi connectivity index (χ4v) is 4.42. The van der Waals surface area contributed by atoms with E-state index in [-0.39, 0.29) is 5.41 Å². The summed E-state index contributed by atoms with van der Waals surface area (Å²) in [6.07, 6.45) is 3.80. The Bertz CT molecular complexity index is 1330. The molecule has 0 N–H and O–H groups in total. The number of benzene rings is 1. The summed E-state index contributed by atoms with van der Waals surface area (Å²) in [5, 5.41) is 20.1. The van der Waals surface area contributed by atoms with Crippen LogP contribution in [0.15, 0.2) is 42.7 Å². The Balaban J connectivity index is 1.63. The van der Waals surface area contributed by atoms with Crippen molar-refractivity contribution in [3.63, 3.8) is 0 Å². The van der Waals surface area contributed by atoms with E-state index < -0.39 is 0 Å². The van der Waals surface area contributed by atoms with Gasteiger partial charge in [0.25, 0.3) is 0 Å². The predicted octanol–water partition coefficient (Wildman–Crippen LogP) is 3.77. The molecule has 0 aliphatic carbocycles. The van der Waals surface area contributed by atoms with Crippen LogP contribution in [0.2, 0.25) is 0 Å². The molecule has 0 amide bonds. The molecule has 1 aromatic carbocycles. The average molecular weight is 389 g/mol. The Labute approximate surface area is 165 Å². The van der Waals surface area contributed by atoms with E-state index in [1.54, 1.807) is 4.68 Å². The fraction of sp³-hybridized carbons (Fsp3) is 0.250. The maximum atomic E-state index is 4.82. The lowest BCUT2D eigenvalue weighted by Gasteiger charge is -2.22. The molecule has 0 fully saturated rings. The van der Waals surface area contributed by atoms with Crippen LogP contribution in [0.1, 0.15) is 30.9 Å². The van der Waals surface area contributed by atoms with Gasteiger partial charge in [-0.1, -0.05) is 23.5 Å². The molecule has 0 atom stereocenters. The topological polar surface area (TPSA) is 73.8 Å². The fourth-order valence-electron chi connectivity index (χ4n) is 3.52. The molecule has 0 bridgehead atoms. The van der Waals surface area contributed by atoms with Gasteiger partial charge >= 0.3 is 0 Å². The van der Waals surface area contributed by atoms with Crippen LogP contribution in [-0.2, 0) is 12.5 Å². The number of pyridine rings is 1. The summed E-state index contributed by atoms with van der Waals surface area (Å²) >= 11 is 1.53. The van der Waals surface area contributed by atoms with E-state index in [9.17, 15) is 0 Å². The number of fused-ring (bicyclic) bond motifs is 2. The highest BCUT2D eigenvalue weighted by atomic mass is 32.1. The van der Waals surface area contributed by atoms with Crippen molar-refractivity contribution in [1.82, 2.24) is 34.6 Å². The Morgan fingerprint density at radius 3 is 2.71 bits per heavy atom. The lowest BCUT2D eigenvalue weighted by molar-refractivity contribution is 0.570. The summed E-state index contributed by atoms with van der Waals surface area (Å²) in [5.74, 6) is 0.815. The lowest BCUT2D eigenvalue weighted by Crippen LogP contribution is -2.23. The van der Waals surface area contributed by atoms with Gasteiger partial charge in [-0.2, -0.15) is 14.7 Å². The van der Waals surface area contributed by atoms with Gasteiger partial charge in [0.1, 0.15) is 0 Å². The molecule has 0 aliphatic rings. The highest BCUT2D eigenvalue weighted by molar-refractivity contribution is 7.19. The van der Waals surface area contributed by atoms with Crippen molar-refractivity contribution < 1.29 is 0 Å². The van der Waals surface area contributed by atoms with E-state index >= 15 is 0 Å². The minimum atomic E-state index is -0.362. The number of hydrogen-bond donors (Lipinski definition) is 0. The first-order valence-corrected chi connectivity index (χ1v) is 9.84. The minimum absolute atomic E-state index is 0.362. The predicted molar refractivity (Wildman–Crippen MR) is 109 cm³/mol. The molecule has 8 heteroatoms. The molecule has 5 rings (SSSR count). The maximum absolute atomic E-state index is 4.82. The van der Waals surface area contributed by atoms with Crippen LogP contribution in [0.5, 0.6) is 0 Å². The van der Waals surface area contributed by atoms with Crippen molar-refractivity contribution in [3.05, 3.63) is 59.8 Å². The van der Waals surface area contributed by atoms with Crippen molar-refractivity contribution >= 4 is 27.2 Å². The molecule has 0 saturated carbocycles. The second kappa shape index (κ2) is 5.93. The number of aromatic nitrogens is 7. The van der Waals surface area contributed by atoms with E-state index in [4.69, 9.17) is 5.10 Å². The zero-order chi connectivity index (χ0) is 19.5. The summed E-state index contributed by atoms with van der Waals surface area (Å²) in [6, 6.07) is 10.4. The lowest BCUT2D eigenvalue weighted by atomic mass is 9.83. The first-order valence-electron chi connectivity index (χ1n) is 9.02. The summed E-state index contributed by atoms with van der Waals surface area (Å²) in [5.41, 5.74) is 3.75. The van der Waals surface area contributed by atoms with Crippen molar-refractivity contribution in [3.8, 4) is 10.6 Å². The first kappa shape index (κ1) is 17.0. The van der Waals surface area contributed by atoms with Gasteiger partial charge < -0.3 is 0 Å². The molecule has 4 aromatic heterocycles. The molecular formula is C20H19N7S. The van der Waals surface area contributed by atoms with Crippen molar-refractivity contribution in [1.29, 1.82) is 0 Å². The molecule has 0 spiro atoms. The molecule has 0 radical (unpaired) electrons. The van der Waals surface area contributed by atoms with Crippen molar-refractivity contribution in [2.45, 2.75) is 26.2 Å². The highest BCUT2D eigenvalue weighted by Crippen LogP contribution is 2.34. The Hall–Kier alpha value is -3.13. The minimum Gasteiger partial charge on any atom is -0.275 e. The van der Waals surface area contributed by atoms with Crippen molar-refractivity contribution in [2.75, 3.05) is 0 Å². The largest absolute Gasteiger partial charge is 0.275 e. The first-order chi connectivity index (χ1) is 13.4. The van der Waals surface area contributed by atoms with Gasteiger partial charge in [0, 0.05) is 24.8 Å². The second-order valence-electron chi connectivity index (χ2n) is 7.46. The van der Waals surface area contributed by atoms with E-state index in [2.05, 4.69) is 58.4 Å². The van der Waals surface area contributed by atoms with E-state index in [0.29, 0.717) is 0 Å². The quantitative estimate of drug-likeness (QED) is 0.470. The van der Waals surface area contributed by atoms with Crippen molar-refractivity contribution in [2.24, 2.45) is 7.05 Å². The molecule has 5 aromatic rings. The van der Waals surface area contributed by atoms with Gasteiger partial charge in [-0.15, -0.1) is 10.2 Å². The maximum Gasteiger partial charge on any atom is 0.235 e. The zero-order valence-electron chi connectivity index (χ0n) is 16.1.